The molecule has 0 amide bonds. The van der Waals surface area contributed by atoms with Gasteiger partial charge in [0.1, 0.15) is 0 Å². The molecular formula is C9H13NO2. The second kappa shape index (κ2) is 4.87. The van der Waals surface area contributed by atoms with Crippen molar-refractivity contribution in [1.82, 2.24) is 5.32 Å². The Morgan fingerprint density at radius 2 is 2.08 bits per heavy atom. The second-order valence-corrected chi connectivity index (χ2v) is 2.44. The highest BCUT2D eigenvalue weighted by Gasteiger charge is 1.98. The maximum atomic E-state index is 8.99. The van der Waals surface area contributed by atoms with E-state index in [-0.39, 0.29) is 0 Å². The minimum Gasteiger partial charge on any atom is -0.356 e. The van der Waals surface area contributed by atoms with Gasteiger partial charge in [-0.3, -0.25) is 5.32 Å². The molecule has 0 saturated carbocycles. The summed E-state index contributed by atoms with van der Waals surface area (Å²) in [7, 11) is 1.63. The molecule has 0 fully saturated rings. The number of hydrogen-bond acceptors (Lipinski definition) is 3. The second-order valence-electron chi connectivity index (χ2n) is 2.44. The summed E-state index contributed by atoms with van der Waals surface area (Å²) in [6, 6.07) is 9.71. The Bertz CT molecular complexity index is 213. The van der Waals surface area contributed by atoms with Crippen molar-refractivity contribution >= 4 is 0 Å². The number of nitrogens with one attached hydrogen (secondary N) is 1. The van der Waals surface area contributed by atoms with Gasteiger partial charge in [0, 0.05) is 0 Å². The summed E-state index contributed by atoms with van der Waals surface area (Å²) < 4.78 is 5.02. The highest BCUT2D eigenvalue weighted by atomic mass is 16.6. The third kappa shape index (κ3) is 3.00. The Balaban J connectivity index is 2.33. The molecule has 0 aliphatic rings. The minimum absolute atomic E-state index is 0.419. The van der Waals surface area contributed by atoms with Crippen LogP contribution in [0.3, 0.4) is 0 Å². The van der Waals surface area contributed by atoms with Gasteiger partial charge in [-0.25, -0.2) is 0 Å². The van der Waals surface area contributed by atoms with Crippen molar-refractivity contribution in [3.63, 3.8) is 0 Å². The quantitative estimate of drug-likeness (QED) is 0.648. The lowest BCUT2D eigenvalue weighted by Crippen LogP contribution is -2.27. The van der Waals surface area contributed by atoms with Gasteiger partial charge >= 0.3 is 0 Å². The molecule has 0 radical (unpaired) electrons. The summed E-state index contributed by atoms with van der Waals surface area (Å²) in [5.41, 5.74) is 1.05. The molecule has 0 saturated heterocycles. The third-order valence-corrected chi connectivity index (χ3v) is 1.50. The van der Waals surface area contributed by atoms with Gasteiger partial charge in [0.05, 0.1) is 6.61 Å². The van der Waals surface area contributed by atoms with Crippen molar-refractivity contribution in [3.05, 3.63) is 35.9 Å². The van der Waals surface area contributed by atoms with Crippen molar-refractivity contribution < 1.29 is 9.84 Å². The first-order valence-corrected chi connectivity index (χ1v) is 3.84. The van der Waals surface area contributed by atoms with E-state index in [0.29, 0.717) is 6.61 Å². The SMILES string of the molecule is CN[C@@H](O)OCc1ccccc1. The van der Waals surface area contributed by atoms with Gasteiger partial charge in [-0.2, -0.15) is 0 Å². The summed E-state index contributed by atoms with van der Waals surface area (Å²) in [4.78, 5) is 0. The number of benzene rings is 1. The van der Waals surface area contributed by atoms with Gasteiger partial charge in [0.2, 0.25) is 6.41 Å². The molecule has 1 aromatic rings. The Morgan fingerprint density at radius 3 is 2.67 bits per heavy atom. The summed E-state index contributed by atoms with van der Waals surface area (Å²) in [6.07, 6.45) is -0.884. The van der Waals surface area contributed by atoms with Crippen LogP contribution in [0.5, 0.6) is 0 Å². The van der Waals surface area contributed by atoms with E-state index in [1.165, 1.54) is 0 Å². The molecule has 66 valence electrons. The van der Waals surface area contributed by atoms with Crippen LogP contribution in [-0.4, -0.2) is 18.6 Å². The van der Waals surface area contributed by atoms with Crippen molar-refractivity contribution in [2.45, 2.75) is 13.0 Å². The van der Waals surface area contributed by atoms with Crippen LogP contribution in [0.2, 0.25) is 0 Å². The molecule has 12 heavy (non-hydrogen) atoms. The maximum absolute atomic E-state index is 8.99. The minimum atomic E-state index is -0.884. The molecule has 0 aliphatic heterocycles. The highest BCUT2D eigenvalue weighted by molar-refractivity contribution is 5.13. The van der Waals surface area contributed by atoms with E-state index in [2.05, 4.69) is 5.32 Å². The summed E-state index contributed by atoms with van der Waals surface area (Å²) in [6.45, 7) is 0.419. The van der Waals surface area contributed by atoms with E-state index >= 15 is 0 Å². The molecule has 0 spiro atoms. The third-order valence-electron chi connectivity index (χ3n) is 1.50. The Labute approximate surface area is 72.0 Å². The van der Waals surface area contributed by atoms with E-state index < -0.39 is 6.41 Å². The van der Waals surface area contributed by atoms with E-state index in [1.807, 2.05) is 30.3 Å². The molecule has 0 heterocycles. The molecule has 1 rings (SSSR count). The van der Waals surface area contributed by atoms with E-state index in [1.54, 1.807) is 7.05 Å². The zero-order valence-corrected chi connectivity index (χ0v) is 7.03. The Hall–Kier alpha value is -0.900. The molecule has 0 bridgehead atoms. The Kier molecular flexibility index (Phi) is 3.73. The van der Waals surface area contributed by atoms with Crippen molar-refractivity contribution in [3.8, 4) is 0 Å². The standard InChI is InChI=1S/C9H13NO2/c1-10-9(11)12-7-8-5-3-2-4-6-8/h2-6,9-11H,7H2,1H3/t9-/m0/s1. The van der Waals surface area contributed by atoms with Crippen LogP contribution < -0.4 is 5.32 Å². The topological polar surface area (TPSA) is 41.5 Å². The molecule has 2 N–H and O–H groups in total. The zero-order chi connectivity index (χ0) is 8.81. The molecule has 3 nitrogen and oxygen atoms in total. The van der Waals surface area contributed by atoms with Gasteiger partial charge < -0.3 is 9.84 Å². The predicted octanol–water partition coefficient (Wildman–Crippen LogP) is 0.698. The largest absolute Gasteiger partial charge is 0.356 e. The van der Waals surface area contributed by atoms with Gasteiger partial charge in [-0.1, -0.05) is 30.3 Å². The van der Waals surface area contributed by atoms with Crippen molar-refractivity contribution in [2.75, 3.05) is 7.05 Å². The van der Waals surface area contributed by atoms with Crippen molar-refractivity contribution in [1.29, 1.82) is 0 Å². The van der Waals surface area contributed by atoms with Gasteiger partial charge in [-0.05, 0) is 12.6 Å². The monoisotopic (exact) mass is 167 g/mol. The number of aliphatic hydroxyl groups excluding tert-OH is 1. The lowest BCUT2D eigenvalue weighted by Gasteiger charge is -2.09. The molecular weight excluding hydrogens is 154 g/mol. The summed E-state index contributed by atoms with van der Waals surface area (Å²) in [5, 5.41) is 11.6. The van der Waals surface area contributed by atoms with Crippen LogP contribution >= 0.6 is 0 Å². The molecule has 3 heteroatoms. The maximum Gasteiger partial charge on any atom is 0.213 e. The summed E-state index contributed by atoms with van der Waals surface area (Å²) in [5.74, 6) is 0. The highest BCUT2D eigenvalue weighted by Crippen LogP contribution is 2.00. The van der Waals surface area contributed by atoms with Crippen LogP contribution in [0.4, 0.5) is 0 Å². The fraction of sp³-hybridized carbons (Fsp3) is 0.333. The molecule has 0 aliphatic carbocycles. The number of rotatable bonds is 4. The predicted molar refractivity (Wildman–Crippen MR) is 46.3 cm³/mol. The first kappa shape index (κ1) is 9.19. The Morgan fingerprint density at radius 1 is 1.42 bits per heavy atom. The van der Waals surface area contributed by atoms with Crippen LogP contribution in [-0.2, 0) is 11.3 Å². The molecule has 0 unspecified atom stereocenters. The van der Waals surface area contributed by atoms with E-state index in [4.69, 9.17) is 9.84 Å². The zero-order valence-electron chi connectivity index (χ0n) is 7.03. The first-order valence-electron chi connectivity index (χ1n) is 3.84. The van der Waals surface area contributed by atoms with E-state index in [0.717, 1.165) is 5.56 Å². The number of hydrogen-bond donors (Lipinski definition) is 2. The van der Waals surface area contributed by atoms with Gasteiger partial charge in [0.15, 0.2) is 0 Å². The number of ether oxygens (including phenoxy) is 1. The average Bonchev–Trinajstić information content (AvgIpc) is 2.16. The van der Waals surface area contributed by atoms with Gasteiger partial charge in [0.25, 0.3) is 0 Å². The molecule has 1 atom stereocenters. The normalized spacial score (nSPS) is 12.8. The number of aliphatic hydroxyl groups is 1. The average molecular weight is 167 g/mol. The van der Waals surface area contributed by atoms with Crippen LogP contribution in [0.25, 0.3) is 0 Å². The van der Waals surface area contributed by atoms with Crippen LogP contribution in [0, 0.1) is 0 Å². The van der Waals surface area contributed by atoms with Gasteiger partial charge in [-0.15, -0.1) is 0 Å². The van der Waals surface area contributed by atoms with Crippen LogP contribution in [0.15, 0.2) is 30.3 Å². The lowest BCUT2D eigenvalue weighted by atomic mass is 10.2. The smallest absolute Gasteiger partial charge is 0.213 e. The van der Waals surface area contributed by atoms with E-state index in [9.17, 15) is 0 Å². The molecule has 1 aromatic carbocycles. The lowest BCUT2D eigenvalue weighted by molar-refractivity contribution is -0.124. The first-order chi connectivity index (χ1) is 5.83. The van der Waals surface area contributed by atoms with Crippen LogP contribution in [0.1, 0.15) is 5.56 Å². The summed E-state index contributed by atoms with van der Waals surface area (Å²) >= 11 is 0. The molecule has 0 aromatic heterocycles. The van der Waals surface area contributed by atoms with Crippen molar-refractivity contribution in [2.24, 2.45) is 0 Å². The fourth-order valence-corrected chi connectivity index (χ4v) is 0.833. The fourth-order valence-electron chi connectivity index (χ4n) is 0.833.